The predicted molar refractivity (Wildman–Crippen MR) is 75.3 cm³/mol. The molecule has 0 aromatic heterocycles. The third-order valence-electron chi connectivity index (χ3n) is 2.70. The molecule has 0 rings (SSSR count). The normalized spacial score (nSPS) is 11.8. The summed E-state index contributed by atoms with van der Waals surface area (Å²) in [5.74, 6) is -1.21. The third-order valence-corrected chi connectivity index (χ3v) is 2.70. The minimum Gasteiger partial charge on any atom is -0.480 e. The predicted octanol–water partition coefficient (Wildman–Crippen LogP) is 0.653. The van der Waals surface area contributed by atoms with Gasteiger partial charge in [0.15, 0.2) is 0 Å². The second-order valence-electron chi connectivity index (χ2n) is 5.06. The van der Waals surface area contributed by atoms with E-state index in [9.17, 15) is 14.4 Å². The monoisotopic (exact) mass is 287 g/mol. The maximum absolute atomic E-state index is 12.1. The fourth-order valence-electron chi connectivity index (χ4n) is 1.71. The van der Waals surface area contributed by atoms with E-state index in [1.54, 1.807) is 0 Å². The first kappa shape index (κ1) is 18.2. The number of carboxylic acids is 1. The van der Waals surface area contributed by atoms with Gasteiger partial charge in [0.1, 0.15) is 12.6 Å². The molecule has 7 heteroatoms. The van der Waals surface area contributed by atoms with Crippen molar-refractivity contribution in [1.82, 2.24) is 15.5 Å². The molecule has 0 fully saturated rings. The summed E-state index contributed by atoms with van der Waals surface area (Å²) in [5, 5.41) is 14.0. The van der Waals surface area contributed by atoms with Crippen LogP contribution in [0.15, 0.2) is 0 Å². The van der Waals surface area contributed by atoms with Gasteiger partial charge in [-0.05, 0) is 18.8 Å². The molecule has 0 aromatic rings. The van der Waals surface area contributed by atoms with Crippen LogP contribution in [0, 0.1) is 5.92 Å². The molecule has 0 heterocycles. The zero-order valence-corrected chi connectivity index (χ0v) is 12.6. The molecule has 0 spiro atoms. The van der Waals surface area contributed by atoms with E-state index in [1.807, 2.05) is 20.8 Å². The summed E-state index contributed by atoms with van der Waals surface area (Å²) in [6.45, 7) is 5.97. The number of carbonyl (C=O) groups excluding carboxylic acids is 2. The van der Waals surface area contributed by atoms with E-state index in [-0.39, 0.29) is 18.4 Å². The molecule has 0 aliphatic rings. The second kappa shape index (κ2) is 9.17. The van der Waals surface area contributed by atoms with Crippen LogP contribution in [0.5, 0.6) is 0 Å². The molecule has 0 saturated carbocycles. The fraction of sp³-hybridized carbons (Fsp3) is 0.769. The van der Waals surface area contributed by atoms with Crippen LogP contribution in [0.25, 0.3) is 0 Å². The molecule has 0 bridgehead atoms. The van der Waals surface area contributed by atoms with Gasteiger partial charge in [0.05, 0.1) is 0 Å². The van der Waals surface area contributed by atoms with Crippen molar-refractivity contribution in [3.63, 3.8) is 0 Å². The minimum atomic E-state index is -1.07. The smallest absolute Gasteiger partial charge is 0.326 e. The zero-order valence-electron chi connectivity index (χ0n) is 12.6. The first-order chi connectivity index (χ1) is 9.31. The number of hydrogen-bond donors (Lipinski definition) is 3. The summed E-state index contributed by atoms with van der Waals surface area (Å²) >= 11 is 0. The molecule has 0 saturated heterocycles. The number of aliphatic carboxylic acids is 1. The van der Waals surface area contributed by atoms with Gasteiger partial charge in [-0.25, -0.2) is 9.59 Å². The van der Waals surface area contributed by atoms with Crippen molar-refractivity contribution in [1.29, 1.82) is 0 Å². The van der Waals surface area contributed by atoms with Crippen LogP contribution in [-0.2, 0) is 9.59 Å². The highest BCUT2D eigenvalue weighted by molar-refractivity contribution is 5.86. The van der Waals surface area contributed by atoms with Gasteiger partial charge in [0, 0.05) is 13.6 Å². The summed E-state index contributed by atoms with van der Waals surface area (Å²) in [5.41, 5.74) is 0. The molecule has 0 aromatic carbocycles. The van der Waals surface area contributed by atoms with E-state index in [4.69, 9.17) is 5.11 Å². The van der Waals surface area contributed by atoms with Gasteiger partial charge in [-0.1, -0.05) is 20.8 Å². The average molecular weight is 287 g/mol. The number of rotatable bonds is 8. The highest BCUT2D eigenvalue weighted by Crippen LogP contribution is 2.06. The SMILES string of the molecule is CCCN(CC(=O)NC)C(=O)NC(CC(C)C)C(=O)O. The van der Waals surface area contributed by atoms with Crippen LogP contribution in [0.2, 0.25) is 0 Å². The number of likely N-dealkylation sites (N-methyl/N-ethyl adjacent to an activating group) is 1. The molecule has 20 heavy (non-hydrogen) atoms. The van der Waals surface area contributed by atoms with Gasteiger partial charge < -0.3 is 20.6 Å². The third kappa shape index (κ3) is 6.96. The Kier molecular flexibility index (Phi) is 8.35. The molecule has 0 aliphatic carbocycles. The second-order valence-corrected chi connectivity index (χ2v) is 5.06. The van der Waals surface area contributed by atoms with Crippen molar-refractivity contribution in [2.45, 2.75) is 39.7 Å². The lowest BCUT2D eigenvalue weighted by Crippen LogP contribution is -2.50. The average Bonchev–Trinajstić information content (AvgIpc) is 2.36. The fourth-order valence-corrected chi connectivity index (χ4v) is 1.71. The Balaban J connectivity index is 4.70. The summed E-state index contributed by atoms with van der Waals surface area (Å²) in [6, 6.07) is -1.46. The molecule has 1 unspecified atom stereocenters. The van der Waals surface area contributed by atoms with Crippen LogP contribution in [-0.4, -0.2) is 54.1 Å². The van der Waals surface area contributed by atoms with Crippen LogP contribution < -0.4 is 10.6 Å². The van der Waals surface area contributed by atoms with Gasteiger partial charge in [0.25, 0.3) is 0 Å². The topological polar surface area (TPSA) is 98.7 Å². The summed E-state index contributed by atoms with van der Waals surface area (Å²) in [7, 11) is 1.49. The van der Waals surface area contributed by atoms with Crippen molar-refractivity contribution in [2.75, 3.05) is 20.1 Å². The summed E-state index contributed by atoms with van der Waals surface area (Å²) in [6.07, 6.45) is 1.04. The Bertz CT molecular complexity index is 345. The molecular weight excluding hydrogens is 262 g/mol. The largest absolute Gasteiger partial charge is 0.480 e. The maximum atomic E-state index is 12.1. The van der Waals surface area contributed by atoms with Crippen molar-refractivity contribution < 1.29 is 19.5 Å². The van der Waals surface area contributed by atoms with Crippen molar-refractivity contribution >= 4 is 17.9 Å². The highest BCUT2D eigenvalue weighted by atomic mass is 16.4. The standard InChI is InChI=1S/C13H25N3O4/c1-5-6-16(8-11(17)14-4)13(20)15-10(12(18)19)7-9(2)3/h9-10H,5-8H2,1-4H3,(H,14,17)(H,15,20)(H,18,19). The summed E-state index contributed by atoms with van der Waals surface area (Å²) in [4.78, 5) is 35.8. The Morgan fingerprint density at radius 2 is 1.85 bits per heavy atom. The molecular formula is C13H25N3O4. The van der Waals surface area contributed by atoms with E-state index < -0.39 is 18.0 Å². The zero-order chi connectivity index (χ0) is 15.7. The van der Waals surface area contributed by atoms with Crippen LogP contribution in [0.1, 0.15) is 33.6 Å². The molecule has 7 nitrogen and oxygen atoms in total. The van der Waals surface area contributed by atoms with Crippen molar-refractivity contribution in [2.24, 2.45) is 5.92 Å². The Morgan fingerprint density at radius 3 is 2.25 bits per heavy atom. The van der Waals surface area contributed by atoms with E-state index in [0.29, 0.717) is 19.4 Å². The Morgan fingerprint density at radius 1 is 1.25 bits per heavy atom. The number of amides is 3. The first-order valence-corrected chi connectivity index (χ1v) is 6.80. The summed E-state index contributed by atoms with van der Waals surface area (Å²) < 4.78 is 0. The molecule has 0 aliphatic heterocycles. The first-order valence-electron chi connectivity index (χ1n) is 6.80. The molecule has 116 valence electrons. The Hall–Kier alpha value is -1.79. The lowest BCUT2D eigenvalue weighted by Gasteiger charge is -2.24. The van der Waals surface area contributed by atoms with Crippen LogP contribution in [0.3, 0.4) is 0 Å². The number of hydrogen-bond acceptors (Lipinski definition) is 3. The van der Waals surface area contributed by atoms with E-state index in [2.05, 4.69) is 10.6 Å². The Labute approximate surface area is 119 Å². The van der Waals surface area contributed by atoms with Gasteiger partial charge in [-0.2, -0.15) is 0 Å². The van der Waals surface area contributed by atoms with E-state index in [0.717, 1.165) is 0 Å². The van der Waals surface area contributed by atoms with Crippen LogP contribution in [0.4, 0.5) is 4.79 Å². The van der Waals surface area contributed by atoms with Gasteiger partial charge in [-0.15, -0.1) is 0 Å². The van der Waals surface area contributed by atoms with Gasteiger partial charge in [-0.3, -0.25) is 4.79 Å². The number of nitrogens with zero attached hydrogens (tertiary/aromatic N) is 1. The molecule has 0 radical (unpaired) electrons. The van der Waals surface area contributed by atoms with Crippen molar-refractivity contribution in [3.8, 4) is 0 Å². The minimum absolute atomic E-state index is 0.0792. The lowest BCUT2D eigenvalue weighted by molar-refractivity contribution is -0.139. The number of nitrogens with one attached hydrogen (secondary N) is 2. The van der Waals surface area contributed by atoms with Gasteiger partial charge in [0.2, 0.25) is 5.91 Å². The molecule has 1 atom stereocenters. The quantitative estimate of drug-likeness (QED) is 0.610. The van der Waals surface area contributed by atoms with E-state index in [1.165, 1.54) is 11.9 Å². The lowest BCUT2D eigenvalue weighted by atomic mass is 10.0. The van der Waals surface area contributed by atoms with Crippen molar-refractivity contribution in [3.05, 3.63) is 0 Å². The number of carbonyl (C=O) groups is 3. The van der Waals surface area contributed by atoms with Crippen LogP contribution >= 0.6 is 0 Å². The number of carboxylic acid groups (broad SMARTS) is 1. The van der Waals surface area contributed by atoms with Gasteiger partial charge >= 0.3 is 12.0 Å². The molecule has 3 amide bonds. The maximum Gasteiger partial charge on any atom is 0.326 e. The van der Waals surface area contributed by atoms with E-state index >= 15 is 0 Å². The molecule has 3 N–H and O–H groups in total. The number of urea groups is 1. The highest BCUT2D eigenvalue weighted by Gasteiger charge is 2.24.